The molecule has 1 aliphatic rings. The molecule has 0 aromatic heterocycles. The summed E-state index contributed by atoms with van der Waals surface area (Å²) in [7, 11) is 0. The Bertz CT molecular complexity index is 394. The van der Waals surface area contributed by atoms with Crippen molar-refractivity contribution in [1.29, 1.82) is 0 Å². The van der Waals surface area contributed by atoms with Gasteiger partial charge in [-0.3, -0.25) is 0 Å². The molecule has 0 bridgehead atoms. The summed E-state index contributed by atoms with van der Waals surface area (Å²) in [6.45, 7) is 4.35. The minimum atomic E-state index is 0.112. The second-order valence-corrected chi connectivity index (χ2v) is 6.11. The van der Waals surface area contributed by atoms with Crippen molar-refractivity contribution in [3.63, 3.8) is 0 Å². The zero-order valence-corrected chi connectivity index (χ0v) is 11.6. The topological polar surface area (TPSA) is 26.0 Å². The van der Waals surface area contributed by atoms with Crippen LogP contribution in [-0.4, -0.2) is 0 Å². The number of hydrogen-bond donors (Lipinski definition) is 1. The van der Waals surface area contributed by atoms with Crippen LogP contribution in [0.4, 0.5) is 0 Å². The first-order valence-corrected chi connectivity index (χ1v) is 6.92. The van der Waals surface area contributed by atoms with E-state index in [-0.39, 0.29) is 11.5 Å². The highest BCUT2D eigenvalue weighted by Gasteiger charge is 2.34. The van der Waals surface area contributed by atoms with Crippen LogP contribution in [0, 0.1) is 12.3 Å². The molecule has 1 aliphatic carbocycles. The van der Waals surface area contributed by atoms with Crippen LogP contribution in [0.2, 0.25) is 5.02 Å². The maximum absolute atomic E-state index is 6.46. The highest BCUT2D eigenvalue weighted by atomic mass is 35.5. The lowest BCUT2D eigenvalue weighted by atomic mass is 9.69. The summed E-state index contributed by atoms with van der Waals surface area (Å²) in [5, 5.41) is 0.831. The average Bonchev–Trinajstić information content (AvgIpc) is 2.33. The fourth-order valence-corrected chi connectivity index (χ4v) is 3.06. The number of nitrogens with two attached hydrogens (primary N) is 1. The Morgan fingerprint density at radius 1 is 1.24 bits per heavy atom. The molecule has 2 rings (SSSR count). The van der Waals surface area contributed by atoms with Gasteiger partial charge in [0.2, 0.25) is 0 Å². The minimum absolute atomic E-state index is 0.112. The Labute approximate surface area is 109 Å². The third kappa shape index (κ3) is 2.66. The monoisotopic (exact) mass is 251 g/mol. The van der Waals surface area contributed by atoms with Crippen molar-refractivity contribution in [2.45, 2.75) is 52.0 Å². The van der Waals surface area contributed by atoms with E-state index in [9.17, 15) is 0 Å². The lowest BCUT2D eigenvalue weighted by molar-refractivity contribution is 0.170. The predicted molar refractivity (Wildman–Crippen MR) is 74.3 cm³/mol. The molecule has 1 aromatic carbocycles. The van der Waals surface area contributed by atoms with E-state index in [4.69, 9.17) is 17.3 Å². The standard InChI is InChI=1S/C15H22ClN/c1-11-6-7-12(10-13(11)16)14(17)15(2)8-4-3-5-9-15/h6-7,10,14H,3-5,8-9,17H2,1-2H3. The molecule has 0 saturated heterocycles. The Morgan fingerprint density at radius 2 is 1.88 bits per heavy atom. The summed E-state index contributed by atoms with van der Waals surface area (Å²) >= 11 is 6.19. The lowest BCUT2D eigenvalue weighted by Gasteiger charge is -2.39. The quantitative estimate of drug-likeness (QED) is 0.816. The van der Waals surface area contributed by atoms with E-state index in [1.807, 2.05) is 13.0 Å². The van der Waals surface area contributed by atoms with Crippen molar-refractivity contribution in [3.05, 3.63) is 34.3 Å². The fraction of sp³-hybridized carbons (Fsp3) is 0.600. The molecule has 0 amide bonds. The van der Waals surface area contributed by atoms with Gasteiger partial charge in [-0.2, -0.15) is 0 Å². The third-order valence-corrected chi connectivity index (χ3v) is 4.71. The van der Waals surface area contributed by atoms with Crippen LogP contribution in [-0.2, 0) is 0 Å². The molecule has 1 fully saturated rings. The van der Waals surface area contributed by atoms with E-state index in [0.29, 0.717) is 0 Å². The molecular weight excluding hydrogens is 230 g/mol. The molecule has 1 aromatic rings. The molecule has 1 unspecified atom stereocenters. The molecular formula is C15H22ClN. The van der Waals surface area contributed by atoms with Gasteiger partial charge in [0.15, 0.2) is 0 Å². The summed E-state index contributed by atoms with van der Waals surface area (Å²) in [6, 6.07) is 6.36. The van der Waals surface area contributed by atoms with Gasteiger partial charge in [-0.15, -0.1) is 0 Å². The molecule has 0 heterocycles. The Balaban J connectivity index is 2.23. The molecule has 0 aliphatic heterocycles. The summed E-state index contributed by atoms with van der Waals surface area (Å²) in [5.41, 5.74) is 9.02. The van der Waals surface area contributed by atoms with Gasteiger partial charge in [0.25, 0.3) is 0 Å². The van der Waals surface area contributed by atoms with Gasteiger partial charge in [0.1, 0.15) is 0 Å². The molecule has 2 heteroatoms. The van der Waals surface area contributed by atoms with Crippen LogP contribution in [0.25, 0.3) is 0 Å². The van der Waals surface area contributed by atoms with Crippen molar-refractivity contribution in [2.75, 3.05) is 0 Å². The Morgan fingerprint density at radius 3 is 2.47 bits per heavy atom. The van der Waals surface area contributed by atoms with Gasteiger partial charge in [-0.05, 0) is 42.4 Å². The van der Waals surface area contributed by atoms with Crippen molar-refractivity contribution in [1.82, 2.24) is 0 Å². The first-order chi connectivity index (χ1) is 8.03. The average molecular weight is 252 g/mol. The highest BCUT2D eigenvalue weighted by Crippen LogP contribution is 2.44. The molecule has 94 valence electrons. The summed E-state index contributed by atoms with van der Waals surface area (Å²) in [5.74, 6) is 0. The van der Waals surface area contributed by atoms with Crippen molar-refractivity contribution in [3.8, 4) is 0 Å². The molecule has 0 radical (unpaired) electrons. The molecule has 1 saturated carbocycles. The first-order valence-electron chi connectivity index (χ1n) is 6.54. The van der Waals surface area contributed by atoms with Gasteiger partial charge in [0, 0.05) is 11.1 Å². The number of rotatable bonds is 2. The highest BCUT2D eigenvalue weighted by molar-refractivity contribution is 6.31. The van der Waals surface area contributed by atoms with Gasteiger partial charge < -0.3 is 5.73 Å². The Kier molecular flexibility index (Phi) is 3.79. The Hall–Kier alpha value is -0.530. The van der Waals surface area contributed by atoms with Gasteiger partial charge in [-0.1, -0.05) is 49.9 Å². The normalized spacial score (nSPS) is 21.2. The van der Waals surface area contributed by atoms with E-state index >= 15 is 0 Å². The second kappa shape index (κ2) is 4.99. The van der Waals surface area contributed by atoms with Crippen LogP contribution in [0.15, 0.2) is 18.2 Å². The van der Waals surface area contributed by atoms with Crippen molar-refractivity contribution < 1.29 is 0 Å². The predicted octanol–water partition coefficient (Wildman–Crippen LogP) is 4.62. The SMILES string of the molecule is Cc1ccc(C(N)C2(C)CCCCC2)cc1Cl. The van der Waals surface area contributed by atoms with Gasteiger partial charge >= 0.3 is 0 Å². The number of hydrogen-bond acceptors (Lipinski definition) is 1. The largest absolute Gasteiger partial charge is 0.323 e. The summed E-state index contributed by atoms with van der Waals surface area (Å²) < 4.78 is 0. The van der Waals surface area contributed by atoms with Gasteiger partial charge in [0.05, 0.1) is 0 Å². The van der Waals surface area contributed by atoms with Crippen LogP contribution in [0.3, 0.4) is 0 Å². The van der Waals surface area contributed by atoms with Gasteiger partial charge in [-0.25, -0.2) is 0 Å². The van der Waals surface area contributed by atoms with Crippen LogP contribution in [0.1, 0.15) is 56.2 Å². The molecule has 17 heavy (non-hydrogen) atoms. The molecule has 0 spiro atoms. The van der Waals surface area contributed by atoms with E-state index in [0.717, 1.165) is 10.6 Å². The lowest BCUT2D eigenvalue weighted by Crippen LogP contribution is -2.33. The number of halogens is 1. The van der Waals surface area contributed by atoms with Crippen molar-refractivity contribution in [2.24, 2.45) is 11.1 Å². The van der Waals surface area contributed by atoms with Crippen LogP contribution >= 0.6 is 11.6 Å². The zero-order chi connectivity index (χ0) is 12.5. The van der Waals surface area contributed by atoms with E-state index in [2.05, 4.69) is 19.1 Å². The summed E-state index contributed by atoms with van der Waals surface area (Å²) in [4.78, 5) is 0. The van der Waals surface area contributed by atoms with E-state index < -0.39 is 0 Å². The molecule has 1 nitrogen and oxygen atoms in total. The molecule has 1 atom stereocenters. The zero-order valence-electron chi connectivity index (χ0n) is 10.8. The summed E-state index contributed by atoms with van der Waals surface area (Å²) in [6.07, 6.45) is 6.45. The molecule has 2 N–H and O–H groups in total. The third-order valence-electron chi connectivity index (χ3n) is 4.30. The maximum atomic E-state index is 6.46. The van der Waals surface area contributed by atoms with E-state index in [1.54, 1.807) is 0 Å². The van der Waals surface area contributed by atoms with Crippen LogP contribution in [0.5, 0.6) is 0 Å². The minimum Gasteiger partial charge on any atom is -0.323 e. The fourth-order valence-electron chi connectivity index (χ4n) is 2.88. The number of benzene rings is 1. The van der Waals surface area contributed by atoms with Crippen LogP contribution < -0.4 is 5.73 Å². The second-order valence-electron chi connectivity index (χ2n) is 5.70. The van der Waals surface area contributed by atoms with Crippen molar-refractivity contribution >= 4 is 11.6 Å². The first kappa shape index (κ1) is 12.9. The van der Waals surface area contributed by atoms with E-state index in [1.165, 1.54) is 37.7 Å². The smallest absolute Gasteiger partial charge is 0.0438 e. The maximum Gasteiger partial charge on any atom is 0.0438 e. The number of aryl methyl sites for hydroxylation is 1.